The number of thiophene rings is 1. The predicted molar refractivity (Wildman–Crippen MR) is 120 cm³/mol. The Hall–Kier alpha value is -3.52. The van der Waals surface area contributed by atoms with Crippen LogP contribution in [0.25, 0.3) is 0 Å². The summed E-state index contributed by atoms with van der Waals surface area (Å²) < 4.78 is 16.1. The molecule has 0 fully saturated rings. The molecule has 1 aliphatic heterocycles. The molecule has 4 rings (SSSR count). The molecule has 0 saturated carbocycles. The van der Waals surface area contributed by atoms with Crippen molar-refractivity contribution >= 4 is 34.5 Å². The van der Waals surface area contributed by atoms with Gasteiger partial charge in [-0.05, 0) is 47.7 Å². The third kappa shape index (κ3) is 3.82. The van der Waals surface area contributed by atoms with E-state index in [9.17, 15) is 9.59 Å². The van der Waals surface area contributed by atoms with Crippen LogP contribution in [-0.2, 0) is 6.42 Å². The highest BCUT2D eigenvalue weighted by Gasteiger charge is 2.27. The molecule has 8 heteroatoms. The lowest BCUT2D eigenvalue weighted by Gasteiger charge is -2.18. The average molecular weight is 439 g/mol. The van der Waals surface area contributed by atoms with Gasteiger partial charge in [-0.2, -0.15) is 0 Å². The number of fused-ring (bicyclic) bond motifs is 1. The molecule has 0 aliphatic carbocycles. The van der Waals surface area contributed by atoms with Crippen molar-refractivity contribution in [3.8, 4) is 17.2 Å². The number of amides is 2. The predicted octanol–water partition coefficient (Wildman–Crippen LogP) is 4.23. The van der Waals surface area contributed by atoms with Crippen LogP contribution in [0.2, 0.25) is 0 Å². The molecule has 0 radical (unpaired) electrons. The van der Waals surface area contributed by atoms with Gasteiger partial charge in [-0.1, -0.05) is 12.1 Å². The van der Waals surface area contributed by atoms with Crippen molar-refractivity contribution in [3.63, 3.8) is 0 Å². The summed E-state index contributed by atoms with van der Waals surface area (Å²) in [5.41, 5.74) is 2.79. The van der Waals surface area contributed by atoms with E-state index >= 15 is 0 Å². The summed E-state index contributed by atoms with van der Waals surface area (Å²) in [6.07, 6.45) is 0.782. The maximum absolute atomic E-state index is 13.0. The topological polar surface area (TPSA) is 77.1 Å². The SMILES string of the molecule is COc1ccc(C(=O)Nc2ccc3c(c2)N(C(=O)c2cccs2)CC3)c(OC)c1OC. The van der Waals surface area contributed by atoms with Gasteiger partial charge in [0, 0.05) is 17.9 Å². The van der Waals surface area contributed by atoms with E-state index in [4.69, 9.17) is 14.2 Å². The largest absolute Gasteiger partial charge is 0.493 e. The maximum Gasteiger partial charge on any atom is 0.268 e. The van der Waals surface area contributed by atoms with E-state index in [1.165, 1.54) is 32.7 Å². The third-order valence-corrected chi connectivity index (χ3v) is 6.02. The number of methoxy groups -OCH3 is 3. The van der Waals surface area contributed by atoms with E-state index in [2.05, 4.69) is 5.32 Å². The minimum absolute atomic E-state index is 0.0289. The van der Waals surface area contributed by atoms with Crippen LogP contribution >= 0.6 is 11.3 Å². The Kier molecular flexibility index (Phi) is 5.81. The summed E-state index contributed by atoms with van der Waals surface area (Å²) in [4.78, 5) is 28.3. The molecule has 1 N–H and O–H groups in total. The first-order chi connectivity index (χ1) is 15.1. The van der Waals surface area contributed by atoms with Crippen LogP contribution in [0.1, 0.15) is 25.6 Å². The first-order valence-electron chi connectivity index (χ1n) is 9.66. The quantitative estimate of drug-likeness (QED) is 0.623. The molecule has 31 heavy (non-hydrogen) atoms. The number of hydrogen-bond donors (Lipinski definition) is 1. The minimum atomic E-state index is -0.355. The van der Waals surface area contributed by atoms with Crippen molar-refractivity contribution in [2.24, 2.45) is 0 Å². The fourth-order valence-corrected chi connectivity index (χ4v) is 4.35. The standard InChI is InChI=1S/C23H22N2O5S/c1-28-18-9-8-16(20(29-2)21(18)30-3)22(26)24-15-7-6-14-10-11-25(17(14)13-15)23(27)19-5-4-12-31-19/h4-9,12-13H,10-11H2,1-3H3,(H,24,26). The summed E-state index contributed by atoms with van der Waals surface area (Å²) in [6, 6.07) is 12.6. The number of carbonyl (C=O) groups is 2. The highest BCUT2D eigenvalue weighted by atomic mass is 32.1. The molecule has 0 saturated heterocycles. The van der Waals surface area contributed by atoms with Crippen LogP contribution in [0.4, 0.5) is 11.4 Å². The van der Waals surface area contributed by atoms with Gasteiger partial charge in [-0.3, -0.25) is 9.59 Å². The molecule has 2 heterocycles. The average Bonchev–Trinajstić information content (AvgIpc) is 3.47. The fraction of sp³-hybridized carbons (Fsp3) is 0.217. The molecule has 0 bridgehead atoms. The van der Waals surface area contributed by atoms with Crippen molar-refractivity contribution in [3.05, 3.63) is 63.8 Å². The lowest BCUT2D eigenvalue weighted by atomic mass is 10.1. The second kappa shape index (κ2) is 8.69. The van der Waals surface area contributed by atoms with Crippen molar-refractivity contribution in [2.75, 3.05) is 38.1 Å². The van der Waals surface area contributed by atoms with Crippen LogP contribution in [0.15, 0.2) is 47.8 Å². The maximum atomic E-state index is 13.0. The Morgan fingerprint density at radius 1 is 1.00 bits per heavy atom. The zero-order valence-electron chi connectivity index (χ0n) is 17.4. The van der Waals surface area contributed by atoms with Gasteiger partial charge < -0.3 is 24.4 Å². The van der Waals surface area contributed by atoms with Crippen LogP contribution in [-0.4, -0.2) is 39.7 Å². The molecule has 7 nitrogen and oxygen atoms in total. The van der Waals surface area contributed by atoms with E-state index in [1.54, 1.807) is 17.0 Å². The van der Waals surface area contributed by atoms with Crippen molar-refractivity contribution in [1.29, 1.82) is 0 Å². The molecule has 160 valence electrons. The number of nitrogens with one attached hydrogen (secondary N) is 1. The van der Waals surface area contributed by atoms with Gasteiger partial charge in [0.1, 0.15) is 0 Å². The second-order valence-corrected chi connectivity index (χ2v) is 7.81. The van der Waals surface area contributed by atoms with Crippen molar-refractivity contribution in [2.45, 2.75) is 6.42 Å². The summed E-state index contributed by atoms with van der Waals surface area (Å²) in [7, 11) is 4.48. The molecule has 3 aromatic rings. The van der Waals surface area contributed by atoms with Gasteiger partial charge in [0.05, 0.1) is 31.8 Å². The Balaban J connectivity index is 1.61. The number of hydrogen-bond acceptors (Lipinski definition) is 6. The van der Waals surface area contributed by atoms with E-state index in [1.807, 2.05) is 35.7 Å². The lowest BCUT2D eigenvalue weighted by Crippen LogP contribution is -2.28. The highest BCUT2D eigenvalue weighted by molar-refractivity contribution is 7.12. The summed E-state index contributed by atoms with van der Waals surface area (Å²) in [5.74, 6) is 0.719. The van der Waals surface area contributed by atoms with Crippen molar-refractivity contribution in [1.82, 2.24) is 0 Å². The number of benzene rings is 2. The lowest BCUT2D eigenvalue weighted by molar-refractivity contribution is 0.0991. The van der Waals surface area contributed by atoms with Gasteiger partial charge in [0.25, 0.3) is 11.8 Å². The molecular weight excluding hydrogens is 416 g/mol. The van der Waals surface area contributed by atoms with Gasteiger partial charge >= 0.3 is 0 Å². The van der Waals surface area contributed by atoms with Crippen LogP contribution in [0.5, 0.6) is 17.2 Å². The van der Waals surface area contributed by atoms with Gasteiger partial charge in [-0.15, -0.1) is 11.3 Å². The third-order valence-electron chi connectivity index (χ3n) is 5.16. The minimum Gasteiger partial charge on any atom is -0.493 e. The Morgan fingerprint density at radius 3 is 2.48 bits per heavy atom. The van der Waals surface area contributed by atoms with Crippen LogP contribution in [0.3, 0.4) is 0 Å². The molecule has 0 spiro atoms. The summed E-state index contributed by atoms with van der Waals surface area (Å²) >= 11 is 1.42. The van der Waals surface area contributed by atoms with E-state index in [0.29, 0.717) is 34.2 Å². The van der Waals surface area contributed by atoms with Gasteiger partial charge in [0.2, 0.25) is 5.75 Å². The molecule has 1 aliphatic rings. The zero-order chi connectivity index (χ0) is 22.0. The second-order valence-electron chi connectivity index (χ2n) is 6.86. The number of nitrogens with zero attached hydrogens (tertiary/aromatic N) is 1. The smallest absolute Gasteiger partial charge is 0.268 e. The van der Waals surface area contributed by atoms with Gasteiger partial charge in [-0.25, -0.2) is 0 Å². The molecule has 0 atom stereocenters. The Morgan fingerprint density at radius 2 is 1.81 bits per heavy atom. The normalized spacial score (nSPS) is 12.3. The highest BCUT2D eigenvalue weighted by Crippen LogP contribution is 2.40. The van der Waals surface area contributed by atoms with E-state index < -0.39 is 0 Å². The summed E-state index contributed by atoms with van der Waals surface area (Å²) in [5, 5.41) is 4.78. The zero-order valence-corrected chi connectivity index (χ0v) is 18.2. The van der Waals surface area contributed by atoms with Crippen LogP contribution in [0, 0.1) is 0 Å². The fourth-order valence-electron chi connectivity index (χ4n) is 3.68. The number of ether oxygens (including phenoxy) is 3. The Labute approximate surface area is 184 Å². The first kappa shape index (κ1) is 20.7. The number of rotatable bonds is 6. The number of anilines is 2. The van der Waals surface area contributed by atoms with Crippen LogP contribution < -0.4 is 24.4 Å². The van der Waals surface area contributed by atoms with Gasteiger partial charge in [0.15, 0.2) is 11.5 Å². The Bertz CT molecular complexity index is 1130. The molecule has 1 aromatic heterocycles. The molecule has 2 aromatic carbocycles. The monoisotopic (exact) mass is 438 g/mol. The van der Waals surface area contributed by atoms with Crippen molar-refractivity contribution < 1.29 is 23.8 Å². The molecule has 0 unspecified atom stereocenters. The molecule has 2 amide bonds. The molecular formula is C23H22N2O5S. The summed E-state index contributed by atoms with van der Waals surface area (Å²) in [6.45, 7) is 0.618. The van der Waals surface area contributed by atoms with E-state index in [-0.39, 0.29) is 17.6 Å². The van der Waals surface area contributed by atoms with E-state index in [0.717, 1.165) is 17.7 Å². The number of carbonyl (C=O) groups excluding carboxylic acids is 2. The first-order valence-corrected chi connectivity index (χ1v) is 10.5.